The van der Waals surface area contributed by atoms with Crippen LogP contribution in [0.3, 0.4) is 0 Å². The van der Waals surface area contributed by atoms with E-state index in [1.807, 2.05) is 30.3 Å². The lowest BCUT2D eigenvalue weighted by molar-refractivity contribution is 0.304. The van der Waals surface area contributed by atoms with Gasteiger partial charge >= 0.3 is 0 Å². The van der Waals surface area contributed by atoms with Crippen LogP contribution >= 0.6 is 15.9 Å². The Labute approximate surface area is 119 Å². The molecule has 2 aromatic rings. The fraction of sp³-hybridized carbons (Fsp3) is 0.133. The van der Waals surface area contributed by atoms with Crippen LogP contribution in [0.4, 0.5) is 4.39 Å². The highest BCUT2D eigenvalue weighted by Crippen LogP contribution is 2.22. The van der Waals surface area contributed by atoms with Crippen molar-refractivity contribution in [3.8, 4) is 11.8 Å². The standard InChI is InChI=1S/C15H11BrFNO/c16-8-12-3-1-2-4-15(12)19-10-11-5-6-14(17)13(7-11)9-18/h1-7H,8,10H2. The lowest BCUT2D eigenvalue weighted by Crippen LogP contribution is -1.99. The molecular weight excluding hydrogens is 309 g/mol. The summed E-state index contributed by atoms with van der Waals surface area (Å²) in [5.41, 5.74) is 1.85. The van der Waals surface area contributed by atoms with E-state index in [2.05, 4.69) is 15.9 Å². The van der Waals surface area contributed by atoms with Crippen molar-refractivity contribution < 1.29 is 9.13 Å². The first-order valence-corrected chi connectivity index (χ1v) is 6.82. The topological polar surface area (TPSA) is 33.0 Å². The van der Waals surface area contributed by atoms with Crippen molar-refractivity contribution in [3.05, 3.63) is 65.0 Å². The molecule has 0 unspecified atom stereocenters. The van der Waals surface area contributed by atoms with Crippen LogP contribution in [0.15, 0.2) is 42.5 Å². The SMILES string of the molecule is N#Cc1cc(COc2ccccc2CBr)ccc1F. The van der Waals surface area contributed by atoms with Crippen LogP contribution in [-0.2, 0) is 11.9 Å². The van der Waals surface area contributed by atoms with Gasteiger partial charge in [-0.05, 0) is 23.8 Å². The Kier molecular flexibility index (Phi) is 4.53. The third-order valence-corrected chi connectivity index (χ3v) is 3.27. The summed E-state index contributed by atoms with van der Waals surface area (Å²) >= 11 is 3.39. The molecule has 0 aliphatic heterocycles. The van der Waals surface area contributed by atoms with Gasteiger partial charge in [-0.2, -0.15) is 5.26 Å². The van der Waals surface area contributed by atoms with E-state index in [1.54, 1.807) is 6.07 Å². The van der Waals surface area contributed by atoms with E-state index in [0.29, 0.717) is 11.9 Å². The summed E-state index contributed by atoms with van der Waals surface area (Å²) in [5.74, 6) is 0.273. The number of alkyl halides is 1. The molecule has 96 valence electrons. The smallest absolute Gasteiger partial charge is 0.140 e. The van der Waals surface area contributed by atoms with E-state index in [-0.39, 0.29) is 5.56 Å². The second-order valence-electron chi connectivity index (χ2n) is 3.96. The van der Waals surface area contributed by atoms with Gasteiger partial charge in [0.1, 0.15) is 24.2 Å². The lowest BCUT2D eigenvalue weighted by Gasteiger charge is -2.10. The quantitative estimate of drug-likeness (QED) is 0.792. The summed E-state index contributed by atoms with van der Waals surface area (Å²) in [7, 11) is 0. The molecule has 0 amide bonds. The molecule has 0 fully saturated rings. The largest absolute Gasteiger partial charge is 0.489 e. The van der Waals surface area contributed by atoms with Crippen molar-refractivity contribution >= 4 is 15.9 Å². The highest BCUT2D eigenvalue weighted by molar-refractivity contribution is 9.08. The fourth-order valence-corrected chi connectivity index (χ4v) is 2.13. The van der Waals surface area contributed by atoms with E-state index in [0.717, 1.165) is 16.9 Å². The number of hydrogen-bond acceptors (Lipinski definition) is 2. The number of nitrogens with zero attached hydrogens (tertiary/aromatic N) is 1. The predicted octanol–water partition coefficient (Wildman–Crippen LogP) is 4.17. The van der Waals surface area contributed by atoms with Crippen molar-refractivity contribution in [3.63, 3.8) is 0 Å². The van der Waals surface area contributed by atoms with Crippen molar-refractivity contribution in [1.82, 2.24) is 0 Å². The summed E-state index contributed by atoms with van der Waals surface area (Å²) in [6.45, 7) is 0.305. The molecule has 2 nitrogen and oxygen atoms in total. The van der Waals surface area contributed by atoms with Crippen LogP contribution in [0.5, 0.6) is 5.75 Å². The van der Waals surface area contributed by atoms with Crippen LogP contribution in [0.2, 0.25) is 0 Å². The average molecular weight is 320 g/mol. The van der Waals surface area contributed by atoms with Crippen molar-refractivity contribution in [2.45, 2.75) is 11.9 Å². The molecule has 4 heteroatoms. The maximum absolute atomic E-state index is 13.2. The van der Waals surface area contributed by atoms with Gasteiger partial charge in [-0.1, -0.05) is 40.2 Å². The summed E-state index contributed by atoms with van der Waals surface area (Å²) < 4.78 is 18.9. The first-order valence-electron chi connectivity index (χ1n) is 5.70. The van der Waals surface area contributed by atoms with Crippen molar-refractivity contribution in [2.75, 3.05) is 0 Å². The number of benzene rings is 2. The van der Waals surface area contributed by atoms with Gasteiger partial charge in [-0.25, -0.2) is 4.39 Å². The van der Waals surface area contributed by atoms with Crippen LogP contribution in [-0.4, -0.2) is 0 Å². The average Bonchev–Trinajstić information content (AvgIpc) is 2.46. The van der Waals surface area contributed by atoms with Crippen molar-refractivity contribution in [1.29, 1.82) is 5.26 Å². The normalized spacial score (nSPS) is 9.95. The van der Waals surface area contributed by atoms with Crippen molar-refractivity contribution in [2.24, 2.45) is 0 Å². The van der Waals surface area contributed by atoms with Gasteiger partial charge in [0.25, 0.3) is 0 Å². The highest BCUT2D eigenvalue weighted by atomic mass is 79.9. The molecule has 0 aliphatic rings. The molecule has 0 aliphatic carbocycles. The fourth-order valence-electron chi connectivity index (χ4n) is 1.66. The van der Waals surface area contributed by atoms with Gasteiger partial charge in [-0.15, -0.1) is 0 Å². The zero-order chi connectivity index (χ0) is 13.7. The zero-order valence-electron chi connectivity index (χ0n) is 10.1. The molecule has 2 rings (SSSR count). The molecule has 0 saturated heterocycles. The molecule has 0 radical (unpaired) electrons. The molecule has 2 aromatic carbocycles. The third kappa shape index (κ3) is 3.33. The van der Waals surface area contributed by atoms with Crippen LogP contribution in [0, 0.1) is 17.1 Å². The van der Waals surface area contributed by atoms with E-state index in [1.165, 1.54) is 12.1 Å². The first-order chi connectivity index (χ1) is 9.24. The molecule has 0 spiro atoms. The van der Waals surface area contributed by atoms with E-state index < -0.39 is 5.82 Å². The first kappa shape index (κ1) is 13.6. The number of rotatable bonds is 4. The minimum absolute atomic E-state index is 0.0369. The Morgan fingerprint density at radius 1 is 1.21 bits per heavy atom. The predicted molar refractivity (Wildman–Crippen MR) is 74.5 cm³/mol. The summed E-state index contributed by atoms with van der Waals surface area (Å²) in [4.78, 5) is 0. The van der Waals surface area contributed by atoms with Gasteiger partial charge in [0.2, 0.25) is 0 Å². The number of hydrogen-bond donors (Lipinski definition) is 0. The van der Waals surface area contributed by atoms with Gasteiger partial charge in [0, 0.05) is 10.9 Å². The molecule has 19 heavy (non-hydrogen) atoms. The van der Waals surface area contributed by atoms with Crippen LogP contribution < -0.4 is 4.74 Å². The van der Waals surface area contributed by atoms with Gasteiger partial charge in [0.15, 0.2) is 0 Å². The summed E-state index contributed by atoms with van der Waals surface area (Å²) in [6, 6.07) is 13.9. The maximum Gasteiger partial charge on any atom is 0.140 e. The summed E-state index contributed by atoms with van der Waals surface area (Å²) in [5, 5.41) is 9.48. The third-order valence-electron chi connectivity index (χ3n) is 2.66. The number of nitriles is 1. The second kappa shape index (κ2) is 6.35. The zero-order valence-corrected chi connectivity index (χ0v) is 11.7. The Balaban J connectivity index is 2.13. The Hall–Kier alpha value is -1.86. The minimum Gasteiger partial charge on any atom is -0.489 e. The summed E-state index contributed by atoms with van der Waals surface area (Å²) in [6.07, 6.45) is 0. The van der Waals surface area contributed by atoms with E-state index >= 15 is 0 Å². The molecule has 0 bridgehead atoms. The van der Waals surface area contributed by atoms with Crippen LogP contribution in [0.25, 0.3) is 0 Å². The van der Waals surface area contributed by atoms with Gasteiger partial charge in [0.05, 0.1) is 5.56 Å². The molecule has 0 N–H and O–H groups in total. The molecule has 0 saturated carbocycles. The Morgan fingerprint density at radius 2 is 2.00 bits per heavy atom. The van der Waals surface area contributed by atoms with E-state index in [9.17, 15) is 4.39 Å². The van der Waals surface area contributed by atoms with E-state index in [4.69, 9.17) is 10.00 Å². The number of para-hydroxylation sites is 1. The monoisotopic (exact) mass is 319 g/mol. The molecule has 0 heterocycles. The molecule has 0 aromatic heterocycles. The van der Waals surface area contributed by atoms with Gasteiger partial charge < -0.3 is 4.74 Å². The van der Waals surface area contributed by atoms with Crippen LogP contribution in [0.1, 0.15) is 16.7 Å². The Bertz CT molecular complexity index is 622. The lowest BCUT2D eigenvalue weighted by atomic mass is 10.1. The maximum atomic E-state index is 13.2. The molecular formula is C15H11BrFNO. The second-order valence-corrected chi connectivity index (χ2v) is 4.52. The number of halogens is 2. The van der Waals surface area contributed by atoms with Gasteiger partial charge in [-0.3, -0.25) is 0 Å². The number of ether oxygens (including phenoxy) is 1. The highest BCUT2D eigenvalue weighted by Gasteiger charge is 2.05. The Morgan fingerprint density at radius 3 is 2.74 bits per heavy atom. The minimum atomic E-state index is -0.507. The molecule has 0 atom stereocenters.